The highest BCUT2D eigenvalue weighted by Crippen LogP contribution is 2.29. The first kappa shape index (κ1) is 108. The summed E-state index contributed by atoms with van der Waals surface area (Å²) in [6.45, 7) is 16.7. The Morgan fingerprint density at radius 1 is 0.274 bits per heavy atom. The van der Waals surface area contributed by atoms with E-state index >= 15 is 0 Å². The van der Waals surface area contributed by atoms with Crippen LogP contribution in [0.15, 0.2) is 255 Å². The van der Waals surface area contributed by atoms with Crippen molar-refractivity contribution in [2.75, 3.05) is 132 Å². The summed E-state index contributed by atoms with van der Waals surface area (Å²) < 4.78 is 57.4. The topological polar surface area (TPSA) is 407 Å². The molecule has 11 aliphatic heterocycles. The van der Waals surface area contributed by atoms with E-state index < -0.39 is 12.2 Å². The van der Waals surface area contributed by atoms with E-state index in [0.29, 0.717) is 168 Å². The summed E-state index contributed by atoms with van der Waals surface area (Å²) in [5.74, 6) is -0.159. The van der Waals surface area contributed by atoms with E-state index in [9.17, 15) is 40.2 Å². The summed E-state index contributed by atoms with van der Waals surface area (Å²) in [6.07, 6.45) is 9.94. The minimum Gasteiger partial charge on any atom is -0.391 e. The molecule has 0 saturated carbocycles. The highest BCUT2D eigenvalue weighted by molar-refractivity contribution is 5.95. The molecule has 2 unspecified atom stereocenters. The van der Waals surface area contributed by atoms with E-state index in [1.165, 1.54) is 22.3 Å². The zero-order chi connectivity index (χ0) is 95.1. The molecular formula is C106H148N8O21. The average molecular weight is 1870 g/mol. The standard InChI is InChI=1S/2C19H21NO3.4C12H17NO2.2C5H11NO2.C5H8O2.C5H8O/c2*21-18-11-12-23-14-17(18)20(13-15-7-3-1-4-8-15)19(22)16-9-5-2-6-10-16;4*14-12-6-7-15-9-11(12)13-8-10-4-2-1-3-5-10;2*6-4-3-8-2-1-5(4)7;1-2-6-3-5-4(1)7-5;1-2-4-6-5-3-1/h2*1-10,17-18,21H,11-14H2;4*1-5,11-14H,6-9H2;2*4-5,7H,1-3,6H2;4-5H,1-3H2;1-2H,3-5H2/t2*17-,18-;2*11-,12+;2*11-,12-;2*4-,5+;;/m10101010../s1. The van der Waals surface area contributed by atoms with Gasteiger partial charge in [0.25, 0.3) is 11.8 Å². The van der Waals surface area contributed by atoms with Gasteiger partial charge < -0.3 is 135 Å². The van der Waals surface area contributed by atoms with Crippen molar-refractivity contribution in [3.05, 3.63) is 299 Å². The van der Waals surface area contributed by atoms with Crippen LogP contribution in [-0.4, -0.2) is 304 Å². The zero-order valence-electron chi connectivity index (χ0n) is 78.0. The number of hydrogen-bond acceptors (Lipinski definition) is 27. The first-order valence-corrected chi connectivity index (χ1v) is 48.0. The molecule has 11 aliphatic rings. The van der Waals surface area contributed by atoms with Gasteiger partial charge in [0.15, 0.2) is 0 Å². The second kappa shape index (κ2) is 63.8. The van der Waals surface area contributed by atoms with Crippen molar-refractivity contribution in [3.63, 3.8) is 0 Å². The maximum atomic E-state index is 13.0. The van der Waals surface area contributed by atoms with E-state index in [1.54, 1.807) is 34.1 Å². The Morgan fingerprint density at radius 3 is 0.756 bits per heavy atom. The van der Waals surface area contributed by atoms with E-state index in [4.69, 9.17) is 73.8 Å². The minimum absolute atomic E-state index is 0.0685. The number of epoxide rings is 1. The molecular weight excluding hydrogens is 1720 g/mol. The quantitative estimate of drug-likeness (QED) is 0.0254. The van der Waals surface area contributed by atoms with Crippen molar-refractivity contribution in [1.29, 1.82) is 0 Å². The summed E-state index contributed by atoms with van der Waals surface area (Å²) in [4.78, 5) is 29.4. The summed E-state index contributed by atoms with van der Waals surface area (Å²) >= 11 is 0. The van der Waals surface area contributed by atoms with Crippen LogP contribution < -0.4 is 32.7 Å². The Kier molecular flexibility index (Phi) is 51.3. The minimum atomic E-state index is -0.555. The number of amides is 2. The van der Waals surface area contributed by atoms with Gasteiger partial charge in [-0.15, -0.1) is 0 Å². The Morgan fingerprint density at radius 2 is 0.533 bits per heavy atom. The predicted octanol–water partition coefficient (Wildman–Crippen LogP) is 7.99. The van der Waals surface area contributed by atoms with Crippen molar-refractivity contribution in [3.8, 4) is 0 Å². The smallest absolute Gasteiger partial charge is 0.254 e. The number of carbonyl (C=O) groups excluding carboxylic acids is 2. The Labute approximate surface area is 797 Å². The number of aliphatic hydroxyl groups is 8. The molecule has 18 atom stereocenters. The lowest BCUT2D eigenvalue weighted by Crippen LogP contribution is -2.51. The van der Waals surface area contributed by atoms with Crippen LogP contribution in [0.2, 0.25) is 0 Å². The molecule has 0 radical (unpaired) electrons. The summed E-state index contributed by atoms with van der Waals surface area (Å²) in [6, 6.07) is 78.1. The Balaban J connectivity index is 0.000000159. The number of carbonyl (C=O) groups is 2. The van der Waals surface area contributed by atoms with E-state index in [0.717, 1.165) is 102 Å². The summed E-state index contributed by atoms with van der Waals surface area (Å²) in [7, 11) is 0. The van der Waals surface area contributed by atoms with Gasteiger partial charge in [0.1, 0.15) is 6.10 Å². The second-order valence-electron chi connectivity index (χ2n) is 34.8. The number of benzene rings is 8. The number of hydrogen-bond donors (Lipinski definition) is 14. The molecule has 10 fully saturated rings. The molecule has 0 aromatic heterocycles. The monoisotopic (exact) mass is 1870 g/mol. The average Bonchev–Trinajstić information content (AvgIpc) is 1.82. The van der Waals surface area contributed by atoms with Crippen LogP contribution in [-0.2, 0) is 91.4 Å². The van der Waals surface area contributed by atoms with Gasteiger partial charge in [-0.1, -0.05) is 231 Å². The van der Waals surface area contributed by atoms with Crippen LogP contribution >= 0.6 is 0 Å². The molecule has 16 N–H and O–H groups in total. The van der Waals surface area contributed by atoms with Gasteiger partial charge in [0.05, 0.1) is 176 Å². The van der Waals surface area contributed by atoms with Crippen molar-refractivity contribution in [1.82, 2.24) is 31.1 Å². The third-order valence-corrected chi connectivity index (χ3v) is 24.3. The van der Waals surface area contributed by atoms with Gasteiger partial charge in [0, 0.05) is 110 Å². The molecule has 738 valence electrons. The van der Waals surface area contributed by atoms with Gasteiger partial charge in [-0.05, 0) is 122 Å². The molecule has 2 amide bonds. The van der Waals surface area contributed by atoms with Gasteiger partial charge in [-0.2, -0.15) is 0 Å². The summed E-state index contributed by atoms with van der Waals surface area (Å²) in [5.41, 5.74) is 19.1. The first-order valence-electron chi connectivity index (χ1n) is 48.0. The molecule has 135 heavy (non-hydrogen) atoms. The maximum absolute atomic E-state index is 13.0. The van der Waals surface area contributed by atoms with Crippen LogP contribution in [0.4, 0.5) is 0 Å². The molecule has 0 bridgehead atoms. The number of nitrogens with zero attached hydrogens (tertiary/aromatic N) is 2. The van der Waals surface area contributed by atoms with Crippen molar-refractivity contribution >= 4 is 11.8 Å². The lowest BCUT2D eigenvalue weighted by Gasteiger charge is -2.37. The highest BCUT2D eigenvalue weighted by Gasteiger charge is 2.41. The van der Waals surface area contributed by atoms with Gasteiger partial charge >= 0.3 is 0 Å². The van der Waals surface area contributed by atoms with E-state index in [1.807, 2.05) is 176 Å². The normalized spacial score (nSPS) is 27.0. The second-order valence-corrected chi connectivity index (χ2v) is 34.8. The number of aliphatic hydroxyl groups excluding tert-OH is 8. The lowest BCUT2D eigenvalue weighted by molar-refractivity contribution is -0.0549. The van der Waals surface area contributed by atoms with Gasteiger partial charge in [0.2, 0.25) is 0 Å². The molecule has 0 aliphatic carbocycles. The Hall–Kier alpha value is -8.56. The Bertz CT molecular complexity index is 3980. The lowest BCUT2D eigenvalue weighted by atomic mass is 10.0. The number of rotatable bonds is 20. The van der Waals surface area contributed by atoms with Gasteiger partial charge in [-0.3, -0.25) is 9.59 Å². The molecule has 8 aromatic carbocycles. The van der Waals surface area contributed by atoms with Gasteiger partial charge in [-0.25, -0.2) is 0 Å². The fourth-order valence-electron chi connectivity index (χ4n) is 15.8. The molecule has 29 heteroatoms. The molecule has 10 saturated heterocycles. The fourth-order valence-corrected chi connectivity index (χ4v) is 15.8. The zero-order valence-corrected chi connectivity index (χ0v) is 78.0. The predicted molar refractivity (Wildman–Crippen MR) is 518 cm³/mol. The van der Waals surface area contributed by atoms with Crippen molar-refractivity contribution in [2.24, 2.45) is 11.5 Å². The molecule has 11 heterocycles. The van der Waals surface area contributed by atoms with Crippen LogP contribution in [0.5, 0.6) is 0 Å². The van der Waals surface area contributed by atoms with Crippen molar-refractivity contribution < 1.29 is 103 Å². The van der Waals surface area contributed by atoms with Crippen LogP contribution in [0.3, 0.4) is 0 Å². The van der Waals surface area contributed by atoms with Crippen LogP contribution in [0.1, 0.15) is 118 Å². The van der Waals surface area contributed by atoms with Crippen LogP contribution in [0, 0.1) is 0 Å². The highest BCUT2D eigenvalue weighted by atomic mass is 16.6. The number of fused-ring (bicyclic) bond motifs is 1. The maximum Gasteiger partial charge on any atom is 0.254 e. The van der Waals surface area contributed by atoms with Crippen LogP contribution in [0.25, 0.3) is 0 Å². The molecule has 8 aromatic rings. The third kappa shape index (κ3) is 41.6. The number of nitrogens with two attached hydrogens (primary N) is 2. The van der Waals surface area contributed by atoms with E-state index in [2.05, 4.69) is 75.9 Å². The first-order chi connectivity index (χ1) is 66.0. The number of ether oxygens (including phenoxy) is 11. The largest absolute Gasteiger partial charge is 0.391 e. The summed E-state index contributed by atoms with van der Waals surface area (Å²) in [5, 5.41) is 90.7. The molecule has 19 rings (SSSR count). The fraction of sp³-hybridized carbons (Fsp3) is 0.509. The molecule has 29 nitrogen and oxygen atoms in total. The SMILES string of the molecule is C1=CCOCC1.C1CC2OC2CO1.N[C@@H]1COCC[C@@H]1O.N[C@H]1COCC[C@H]1O.O=C(c1ccccc1)N(Cc1ccccc1)[C@@H]1COCC[C@H]1O.O=C(c1ccccc1)N(Cc1ccccc1)[C@H]1COCC[C@@H]1O.O[C@@H]1CCOC[C@@H]1NCc1ccccc1.O[C@@H]1CCOC[C@H]1NCc1ccccc1.O[C@H]1CCOC[C@@H]1NCc1ccccc1.O[C@H]1CCOC[C@H]1NCc1ccccc1. The molecule has 0 spiro atoms. The third-order valence-electron chi connectivity index (χ3n) is 24.3. The van der Waals surface area contributed by atoms with E-state index in [-0.39, 0.29) is 96.8 Å². The van der Waals surface area contributed by atoms with Crippen molar-refractivity contribution in [2.45, 2.75) is 213 Å². The number of nitrogens with one attached hydrogen (secondary N) is 4.